The minimum absolute atomic E-state index is 0.272. The summed E-state index contributed by atoms with van der Waals surface area (Å²) in [5, 5.41) is 0. The molecule has 1 aliphatic rings. The average molecular weight is 482 g/mol. The molecule has 4 aromatic rings. The van der Waals surface area contributed by atoms with Gasteiger partial charge in [0.25, 0.3) is 0 Å². The normalized spacial score (nSPS) is 13.6. The van der Waals surface area contributed by atoms with Crippen LogP contribution in [0.2, 0.25) is 0 Å². The molecule has 0 unspecified atom stereocenters. The van der Waals surface area contributed by atoms with Crippen molar-refractivity contribution in [2.75, 3.05) is 0 Å². The third-order valence-electron chi connectivity index (χ3n) is 7.16. The second kappa shape index (κ2) is 8.29. The summed E-state index contributed by atoms with van der Waals surface area (Å²) in [6.45, 7) is 3.94. The molecule has 5 rings (SSSR count). The maximum Gasteiger partial charge on any atom is 0.136 e. The molecular formula is C29H20F6. The van der Waals surface area contributed by atoms with E-state index in [1.807, 2.05) is 13.8 Å². The van der Waals surface area contributed by atoms with Gasteiger partial charge >= 0.3 is 0 Å². The van der Waals surface area contributed by atoms with Crippen LogP contribution in [0.5, 0.6) is 0 Å². The lowest BCUT2D eigenvalue weighted by Crippen LogP contribution is -2.23. The van der Waals surface area contributed by atoms with E-state index >= 15 is 0 Å². The quantitative estimate of drug-likeness (QED) is 0.255. The van der Waals surface area contributed by atoms with Crippen molar-refractivity contribution in [3.05, 3.63) is 107 Å². The molecule has 6 heteroatoms. The molecule has 4 aromatic carbocycles. The fourth-order valence-corrected chi connectivity index (χ4v) is 5.45. The van der Waals surface area contributed by atoms with Gasteiger partial charge in [0.05, 0.1) is 11.1 Å². The zero-order valence-corrected chi connectivity index (χ0v) is 19.0. The Kier molecular flexibility index (Phi) is 5.50. The number of rotatable bonds is 4. The fourth-order valence-electron chi connectivity index (χ4n) is 5.45. The Morgan fingerprint density at radius 3 is 1.17 bits per heavy atom. The number of halogens is 6. The summed E-state index contributed by atoms with van der Waals surface area (Å²) in [4.78, 5) is 0. The molecule has 35 heavy (non-hydrogen) atoms. The summed E-state index contributed by atoms with van der Waals surface area (Å²) < 4.78 is 85.1. The van der Waals surface area contributed by atoms with Crippen LogP contribution in [0.3, 0.4) is 0 Å². The van der Waals surface area contributed by atoms with Crippen LogP contribution in [-0.2, 0) is 5.41 Å². The third kappa shape index (κ3) is 3.46. The lowest BCUT2D eigenvalue weighted by atomic mass is 9.73. The number of hydrogen-bond acceptors (Lipinski definition) is 0. The summed E-state index contributed by atoms with van der Waals surface area (Å²) in [5.74, 6) is -5.99. The first-order valence-electron chi connectivity index (χ1n) is 11.3. The van der Waals surface area contributed by atoms with Gasteiger partial charge in [-0.2, -0.15) is 0 Å². The highest BCUT2D eigenvalue weighted by Crippen LogP contribution is 2.54. The summed E-state index contributed by atoms with van der Waals surface area (Å²) in [6.07, 6.45) is 1.22. The minimum Gasteiger partial charge on any atom is -0.207 e. The number of fused-ring (bicyclic) bond motifs is 3. The first kappa shape index (κ1) is 23.2. The Morgan fingerprint density at radius 2 is 0.857 bits per heavy atom. The molecule has 0 aliphatic heterocycles. The van der Waals surface area contributed by atoms with Crippen LogP contribution in [0.25, 0.3) is 33.4 Å². The van der Waals surface area contributed by atoms with Gasteiger partial charge in [0, 0.05) is 29.7 Å². The smallest absolute Gasteiger partial charge is 0.136 e. The molecule has 0 radical (unpaired) electrons. The molecule has 0 saturated heterocycles. The van der Waals surface area contributed by atoms with Gasteiger partial charge in [0.1, 0.15) is 34.9 Å². The van der Waals surface area contributed by atoms with Crippen LogP contribution >= 0.6 is 0 Å². The molecule has 0 heterocycles. The Morgan fingerprint density at radius 1 is 0.514 bits per heavy atom. The topological polar surface area (TPSA) is 0 Å². The van der Waals surface area contributed by atoms with Crippen LogP contribution in [0.1, 0.15) is 37.8 Å². The van der Waals surface area contributed by atoms with Gasteiger partial charge in [-0.25, -0.2) is 26.3 Å². The van der Waals surface area contributed by atoms with E-state index < -0.39 is 40.3 Å². The van der Waals surface area contributed by atoms with Crippen LogP contribution in [0, 0.1) is 34.9 Å². The van der Waals surface area contributed by atoms with E-state index in [9.17, 15) is 26.3 Å². The van der Waals surface area contributed by atoms with Crippen molar-refractivity contribution in [3.63, 3.8) is 0 Å². The average Bonchev–Trinajstić information content (AvgIpc) is 3.06. The van der Waals surface area contributed by atoms with E-state index in [1.54, 1.807) is 36.4 Å². The van der Waals surface area contributed by atoms with Crippen LogP contribution < -0.4 is 0 Å². The van der Waals surface area contributed by atoms with Gasteiger partial charge in [-0.15, -0.1) is 0 Å². The molecule has 0 aromatic heterocycles. The molecular weight excluding hydrogens is 462 g/mol. The highest BCUT2D eigenvalue weighted by atomic mass is 19.2. The monoisotopic (exact) mass is 482 g/mol. The van der Waals surface area contributed by atoms with E-state index in [-0.39, 0.29) is 22.3 Å². The minimum atomic E-state index is -0.999. The summed E-state index contributed by atoms with van der Waals surface area (Å²) >= 11 is 0. The Hall–Kier alpha value is -3.54. The third-order valence-corrected chi connectivity index (χ3v) is 7.16. The molecule has 0 N–H and O–H groups in total. The zero-order valence-electron chi connectivity index (χ0n) is 19.0. The Bertz CT molecular complexity index is 1330. The Balaban J connectivity index is 1.72. The van der Waals surface area contributed by atoms with Gasteiger partial charge in [-0.3, -0.25) is 0 Å². The lowest BCUT2D eigenvalue weighted by molar-refractivity contribution is 0.490. The van der Waals surface area contributed by atoms with E-state index in [2.05, 4.69) is 0 Å². The molecule has 0 fully saturated rings. The van der Waals surface area contributed by atoms with Gasteiger partial charge in [-0.05, 0) is 58.4 Å². The highest BCUT2D eigenvalue weighted by molar-refractivity contribution is 5.86. The van der Waals surface area contributed by atoms with Crippen molar-refractivity contribution in [1.82, 2.24) is 0 Å². The van der Waals surface area contributed by atoms with Crippen molar-refractivity contribution in [2.24, 2.45) is 0 Å². The lowest BCUT2D eigenvalue weighted by Gasteiger charge is -2.30. The fraction of sp³-hybridized carbons (Fsp3) is 0.172. The summed E-state index contributed by atoms with van der Waals surface area (Å²) in [7, 11) is 0. The first-order chi connectivity index (χ1) is 16.7. The largest absolute Gasteiger partial charge is 0.207 e. The van der Waals surface area contributed by atoms with E-state index in [0.717, 1.165) is 22.3 Å². The van der Waals surface area contributed by atoms with Crippen molar-refractivity contribution in [2.45, 2.75) is 32.1 Å². The molecule has 0 atom stereocenters. The van der Waals surface area contributed by atoms with Crippen LogP contribution in [0.15, 0.2) is 60.7 Å². The standard InChI is InChI=1S/C29H20F6/c1-3-29(4-2)21-9-15(27-23(32)11-17(30)12-24(27)33)5-7-19(21)20-8-6-16(10-22(20)29)28-25(34)13-18(31)14-26(28)35/h5-14H,3-4H2,1-2H3. The van der Waals surface area contributed by atoms with Crippen LogP contribution in [-0.4, -0.2) is 0 Å². The van der Waals surface area contributed by atoms with E-state index in [1.165, 1.54) is 0 Å². The van der Waals surface area contributed by atoms with Gasteiger partial charge in [0.15, 0.2) is 0 Å². The second-order valence-electron chi connectivity index (χ2n) is 8.80. The maximum atomic E-state index is 14.5. The zero-order chi connectivity index (χ0) is 25.1. The molecule has 0 bridgehead atoms. The van der Waals surface area contributed by atoms with E-state index in [4.69, 9.17) is 0 Å². The molecule has 0 amide bonds. The van der Waals surface area contributed by atoms with E-state index in [0.29, 0.717) is 37.1 Å². The van der Waals surface area contributed by atoms with Gasteiger partial charge in [-0.1, -0.05) is 38.1 Å². The molecule has 0 spiro atoms. The number of benzene rings is 4. The summed E-state index contributed by atoms with van der Waals surface area (Å²) in [6, 6.07) is 12.7. The van der Waals surface area contributed by atoms with Gasteiger partial charge in [0.2, 0.25) is 0 Å². The van der Waals surface area contributed by atoms with Crippen LogP contribution in [0.4, 0.5) is 26.3 Å². The number of hydrogen-bond donors (Lipinski definition) is 0. The first-order valence-corrected chi connectivity index (χ1v) is 11.3. The second-order valence-corrected chi connectivity index (χ2v) is 8.80. The maximum absolute atomic E-state index is 14.5. The molecule has 178 valence electrons. The van der Waals surface area contributed by atoms with Crippen molar-refractivity contribution in [1.29, 1.82) is 0 Å². The molecule has 0 nitrogen and oxygen atoms in total. The van der Waals surface area contributed by atoms with Crippen molar-refractivity contribution < 1.29 is 26.3 Å². The molecule has 1 aliphatic carbocycles. The van der Waals surface area contributed by atoms with Crippen molar-refractivity contribution >= 4 is 0 Å². The molecule has 0 saturated carbocycles. The SMILES string of the molecule is CCC1(CC)c2cc(-c3c(F)cc(F)cc3F)ccc2-c2ccc(-c3c(F)cc(F)cc3F)cc21. The van der Waals surface area contributed by atoms with Gasteiger partial charge < -0.3 is 0 Å². The Labute approximate surface area is 198 Å². The predicted molar refractivity (Wildman–Crippen MR) is 124 cm³/mol. The predicted octanol–water partition coefficient (Wildman–Crippen LogP) is 8.94. The van der Waals surface area contributed by atoms with Crippen molar-refractivity contribution in [3.8, 4) is 33.4 Å². The summed E-state index contributed by atoms with van der Waals surface area (Å²) in [5.41, 5.74) is 2.68. The highest BCUT2D eigenvalue weighted by Gasteiger charge is 2.41.